The van der Waals surface area contributed by atoms with E-state index in [1.807, 2.05) is 60.7 Å². The van der Waals surface area contributed by atoms with E-state index in [0.29, 0.717) is 31.9 Å². The summed E-state index contributed by atoms with van der Waals surface area (Å²) in [5.74, 6) is -1.02. The lowest BCUT2D eigenvalue weighted by atomic mass is 10.2. The number of piperazine rings is 1. The maximum Gasteiger partial charge on any atom is 0.410 e. The molecule has 1 aliphatic rings. The molecule has 1 aliphatic heterocycles. The predicted octanol–water partition coefficient (Wildman–Crippen LogP) is 3.65. The molecule has 1 heterocycles. The van der Waals surface area contributed by atoms with E-state index in [-0.39, 0.29) is 31.4 Å². The zero-order valence-electron chi connectivity index (χ0n) is 21.4. The van der Waals surface area contributed by atoms with Gasteiger partial charge in [-0.3, -0.25) is 9.59 Å². The monoisotopic (exact) mass is 530 g/mol. The number of rotatable bonds is 8. The normalized spacial score (nSPS) is 12.8. The van der Waals surface area contributed by atoms with Crippen molar-refractivity contribution in [2.45, 2.75) is 13.2 Å². The van der Waals surface area contributed by atoms with E-state index in [4.69, 9.17) is 9.47 Å². The van der Waals surface area contributed by atoms with E-state index in [2.05, 4.69) is 10.6 Å². The molecule has 0 saturated carbocycles. The van der Waals surface area contributed by atoms with Gasteiger partial charge >= 0.3 is 18.1 Å². The van der Waals surface area contributed by atoms with Crippen LogP contribution >= 0.6 is 0 Å². The summed E-state index contributed by atoms with van der Waals surface area (Å²) >= 11 is 0. The van der Waals surface area contributed by atoms with Gasteiger partial charge in [-0.05, 0) is 29.3 Å². The number of nitrogens with zero attached hydrogens (tertiary/aromatic N) is 2. The van der Waals surface area contributed by atoms with Crippen molar-refractivity contribution >= 4 is 29.7 Å². The number of amides is 4. The molecular formula is C29H30N4O6. The molecule has 0 bridgehead atoms. The first-order valence-corrected chi connectivity index (χ1v) is 12.6. The van der Waals surface area contributed by atoms with Gasteiger partial charge in [0.15, 0.2) is 0 Å². The van der Waals surface area contributed by atoms with Crippen LogP contribution in [0.15, 0.2) is 84.9 Å². The third-order valence-electron chi connectivity index (χ3n) is 6.04. The molecule has 0 spiro atoms. The van der Waals surface area contributed by atoms with Gasteiger partial charge in [0.1, 0.15) is 19.8 Å². The fourth-order valence-electron chi connectivity index (χ4n) is 3.89. The molecule has 1 saturated heterocycles. The van der Waals surface area contributed by atoms with Crippen molar-refractivity contribution < 1.29 is 28.7 Å². The second-order valence-corrected chi connectivity index (χ2v) is 8.85. The maximum atomic E-state index is 12.8. The Kier molecular flexibility index (Phi) is 9.49. The Labute approximate surface area is 226 Å². The zero-order valence-corrected chi connectivity index (χ0v) is 21.4. The van der Waals surface area contributed by atoms with Gasteiger partial charge in [0.2, 0.25) is 0 Å². The molecule has 10 nitrogen and oxygen atoms in total. The number of hydrogen-bond acceptors (Lipinski definition) is 6. The number of carbonyl (C=O) groups excluding carboxylic acids is 4. The van der Waals surface area contributed by atoms with E-state index in [1.165, 1.54) is 6.07 Å². The van der Waals surface area contributed by atoms with Crippen molar-refractivity contribution in [2.75, 3.05) is 38.0 Å². The van der Waals surface area contributed by atoms with Gasteiger partial charge in [-0.25, -0.2) is 9.59 Å². The lowest BCUT2D eigenvalue weighted by Crippen LogP contribution is -2.51. The van der Waals surface area contributed by atoms with Gasteiger partial charge in [-0.15, -0.1) is 0 Å². The molecule has 0 aromatic heterocycles. The molecule has 4 amide bonds. The molecule has 0 radical (unpaired) electrons. The number of nitrogens with one attached hydrogen (secondary N) is 2. The summed E-state index contributed by atoms with van der Waals surface area (Å²) in [6.07, 6.45) is -0.415. The summed E-state index contributed by atoms with van der Waals surface area (Å²) in [5.41, 5.74) is 2.48. The minimum atomic E-state index is -0.556. The second-order valence-electron chi connectivity index (χ2n) is 8.85. The van der Waals surface area contributed by atoms with Crippen LogP contribution in [0.25, 0.3) is 0 Å². The van der Waals surface area contributed by atoms with Crippen LogP contribution < -0.4 is 10.6 Å². The molecule has 39 heavy (non-hydrogen) atoms. The van der Waals surface area contributed by atoms with Gasteiger partial charge in [0.05, 0.1) is 0 Å². The lowest BCUT2D eigenvalue weighted by Gasteiger charge is -2.34. The summed E-state index contributed by atoms with van der Waals surface area (Å²) in [6, 6.07) is 24.8. The minimum absolute atomic E-state index is 0.125. The summed E-state index contributed by atoms with van der Waals surface area (Å²) in [7, 11) is 0. The number of anilines is 1. The van der Waals surface area contributed by atoms with Gasteiger partial charge in [-0.1, -0.05) is 66.7 Å². The Balaban J connectivity index is 1.19. The van der Waals surface area contributed by atoms with Crippen molar-refractivity contribution in [1.29, 1.82) is 0 Å². The highest BCUT2D eigenvalue weighted by molar-refractivity contribution is 5.98. The number of urea groups is 1. The average molecular weight is 531 g/mol. The number of hydrogen-bond donors (Lipinski definition) is 2. The highest BCUT2D eigenvalue weighted by Crippen LogP contribution is 2.13. The van der Waals surface area contributed by atoms with Crippen molar-refractivity contribution in [3.8, 4) is 0 Å². The fourth-order valence-corrected chi connectivity index (χ4v) is 3.89. The first-order chi connectivity index (χ1) is 19.0. The van der Waals surface area contributed by atoms with E-state index in [9.17, 15) is 19.2 Å². The predicted molar refractivity (Wildman–Crippen MR) is 144 cm³/mol. The maximum absolute atomic E-state index is 12.8. The van der Waals surface area contributed by atoms with E-state index < -0.39 is 18.0 Å². The second kappa shape index (κ2) is 13.6. The first-order valence-electron chi connectivity index (χ1n) is 12.6. The van der Waals surface area contributed by atoms with Gasteiger partial charge in [0, 0.05) is 37.4 Å². The van der Waals surface area contributed by atoms with Gasteiger partial charge < -0.3 is 29.9 Å². The molecule has 10 heteroatoms. The Bertz CT molecular complexity index is 1280. The standard InChI is InChI=1S/C29H30N4O6/c34-26(38-20-22-8-3-1-4-9-22)19-30-27(35)24-12-7-13-25(18-24)31-28(36)32-14-16-33(17-15-32)29(37)39-21-23-10-5-2-6-11-23/h1-13,18H,14-17,19-21H2,(H,30,35)(H,31,36). The van der Waals surface area contributed by atoms with Crippen LogP contribution in [0.3, 0.4) is 0 Å². The zero-order chi connectivity index (χ0) is 27.5. The SMILES string of the molecule is O=C(CNC(=O)c1cccc(NC(=O)N2CCN(C(=O)OCc3ccccc3)CC2)c1)OCc1ccccc1. The third kappa shape index (κ3) is 8.32. The van der Waals surface area contributed by atoms with Crippen LogP contribution in [0.1, 0.15) is 21.5 Å². The molecule has 0 aliphatic carbocycles. The van der Waals surface area contributed by atoms with Crippen LogP contribution in [0.2, 0.25) is 0 Å². The number of ether oxygens (including phenoxy) is 2. The van der Waals surface area contributed by atoms with E-state index >= 15 is 0 Å². The van der Waals surface area contributed by atoms with Crippen LogP contribution in [-0.2, 0) is 27.5 Å². The largest absolute Gasteiger partial charge is 0.460 e. The highest BCUT2D eigenvalue weighted by atomic mass is 16.6. The molecule has 1 fully saturated rings. The number of carbonyl (C=O) groups is 4. The van der Waals surface area contributed by atoms with E-state index in [0.717, 1.165) is 11.1 Å². The van der Waals surface area contributed by atoms with Crippen molar-refractivity contribution in [3.63, 3.8) is 0 Å². The lowest BCUT2D eigenvalue weighted by molar-refractivity contribution is -0.143. The first kappa shape index (κ1) is 27.2. The Morgan fingerprint density at radius 2 is 1.28 bits per heavy atom. The fraction of sp³-hybridized carbons (Fsp3) is 0.241. The summed E-state index contributed by atoms with van der Waals surface area (Å²) < 4.78 is 10.5. The molecule has 0 unspecified atom stereocenters. The quantitative estimate of drug-likeness (QED) is 0.430. The van der Waals surface area contributed by atoms with Crippen LogP contribution in [-0.4, -0.2) is 66.5 Å². The average Bonchev–Trinajstić information content (AvgIpc) is 2.98. The van der Waals surface area contributed by atoms with Crippen LogP contribution in [0, 0.1) is 0 Å². The third-order valence-corrected chi connectivity index (χ3v) is 6.04. The molecule has 3 aromatic carbocycles. The molecular weight excluding hydrogens is 500 g/mol. The van der Waals surface area contributed by atoms with Crippen LogP contribution in [0.5, 0.6) is 0 Å². The topological polar surface area (TPSA) is 117 Å². The van der Waals surface area contributed by atoms with Gasteiger partial charge in [0.25, 0.3) is 5.91 Å². The molecule has 4 rings (SSSR count). The molecule has 202 valence electrons. The summed E-state index contributed by atoms with van der Waals surface area (Å²) in [4.78, 5) is 52.8. The van der Waals surface area contributed by atoms with E-state index in [1.54, 1.807) is 28.0 Å². The van der Waals surface area contributed by atoms with Crippen molar-refractivity contribution in [3.05, 3.63) is 102 Å². The van der Waals surface area contributed by atoms with Gasteiger partial charge in [-0.2, -0.15) is 0 Å². The smallest absolute Gasteiger partial charge is 0.410 e. The van der Waals surface area contributed by atoms with Crippen molar-refractivity contribution in [1.82, 2.24) is 15.1 Å². The Morgan fingerprint density at radius 1 is 0.692 bits per heavy atom. The molecule has 0 atom stereocenters. The minimum Gasteiger partial charge on any atom is -0.460 e. The van der Waals surface area contributed by atoms with Crippen LogP contribution in [0.4, 0.5) is 15.3 Å². The summed E-state index contributed by atoms with van der Waals surface area (Å²) in [6.45, 7) is 1.43. The number of benzene rings is 3. The Morgan fingerprint density at radius 3 is 1.92 bits per heavy atom. The Hall–Kier alpha value is -4.86. The van der Waals surface area contributed by atoms with Crippen molar-refractivity contribution in [2.24, 2.45) is 0 Å². The molecule has 2 N–H and O–H groups in total. The number of esters is 1. The summed E-state index contributed by atoms with van der Waals surface area (Å²) in [5, 5.41) is 5.31. The molecule has 3 aromatic rings. The highest BCUT2D eigenvalue weighted by Gasteiger charge is 2.25.